The minimum Gasteiger partial charge on any atom is -0.507 e. The molecule has 0 saturated heterocycles. The van der Waals surface area contributed by atoms with Crippen molar-refractivity contribution in [3.8, 4) is 17.2 Å². The van der Waals surface area contributed by atoms with Crippen LogP contribution >= 0.6 is 0 Å². The van der Waals surface area contributed by atoms with E-state index < -0.39 is 11.8 Å². The van der Waals surface area contributed by atoms with Gasteiger partial charge in [-0.25, -0.2) is 5.43 Å². The topological polar surface area (TPSA) is 109 Å². The first-order valence-corrected chi connectivity index (χ1v) is 10.3. The zero-order chi connectivity index (χ0) is 24.5. The first kappa shape index (κ1) is 24.1. The standard InChI is InChI=1S/C26H25N3O5/c1-17-9-11-20(22(30)13-17)16-27-29-26(32)21(28-25(31)19-7-5-4-6-8-19)14-18-10-12-23(33-2)24(15-18)34-3/h4-16,30H,1-3H3,(H,28,31)(H,29,32)/b21-14+,27-16+. The summed E-state index contributed by atoms with van der Waals surface area (Å²) in [6, 6.07) is 18.7. The number of nitrogens with zero attached hydrogens (tertiary/aromatic N) is 1. The second-order valence-electron chi connectivity index (χ2n) is 7.25. The van der Waals surface area contributed by atoms with Crippen LogP contribution in [0.3, 0.4) is 0 Å². The summed E-state index contributed by atoms with van der Waals surface area (Å²) in [5, 5.41) is 16.5. The Morgan fingerprint density at radius 2 is 1.68 bits per heavy atom. The van der Waals surface area contributed by atoms with E-state index in [2.05, 4.69) is 15.8 Å². The number of nitrogens with one attached hydrogen (secondary N) is 2. The number of rotatable bonds is 8. The molecule has 174 valence electrons. The quantitative estimate of drug-likeness (QED) is 0.271. The molecule has 0 radical (unpaired) electrons. The molecule has 8 heteroatoms. The lowest BCUT2D eigenvalue weighted by Crippen LogP contribution is -2.32. The van der Waals surface area contributed by atoms with Gasteiger partial charge in [-0.2, -0.15) is 5.10 Å². The van der Waals surface area contributed by atoms with E-state index >= 15 is 0 Å². The predicted octanol–water partition coefficient (Wildman–Crippen LogP) is 3.64. The first-order valence-electron chi connectivity index (χ1n) is 10.3. The second-order valence-corrected chi connectivity index (χ2v) is 7.25. The van der Waals surface area contributed by atoms with Crippen LogP contribution in [0.1, 0.15) is 27.0 Å². The molecule has 8 nitrogen and oxygen atoms in total. The van der Waals surface area contributed by atoms with Gasteiger partial charge in [-0.3, -0.25) is 9.59 Å². The molecule has 0 aliphatic rings. The summed E-state index contributed by atoms with van der Waals surface area (Å²) in [6.07, 6.45) is 2.82. The van der Waals surface area contributed by atoms with Gasteiger partial charge in [0.1, 0.15) is 11.4 Å². The Morgan fingerprint density at radius 1 is 0.941 bits per heavy atom. The van der Waals surface area contributed by atoms with Crippen molar-refractivity contribution in [2.75, 3.05) is 14.2 Å². The highest BCUT2D eigenvalue weighted by Gasteiger charge is 2.15. The molecule has 3 N–H and O–H groups in total. The molecule has 0 fully saturated rings. The molecule has 0 aliphatic heterocycles. The molecule has 34 heavy (non-hydrogen) atoms. The lowest BCUT2D eigenvalue weighted by molar-refractivity contribution is -0.117. The molecule has 0 saturated carbocycles. The van der Waals surface area contributed by atoms with Gasteiger partial charge in [0.05, 0.1) is 20.4 Å². The number of methoxy groups -OCH3 is 2. The van der Waals surface area contributed by atoms with Crippen LogP contribution in [0, 0.1) is 6.92 Å². The van der Waals surface area contributed by atoms with Gasteiger partial charge >= 0.3 is 0 Å². The summed E-state index contributed by atoms with van der Waals surface area (Å²) < 4.78 is 10.6. The Morgan fingerprint density at radius 3 is 2.35 bits per heavy atom. The monoisotopic (exact) mass is 459 g/mol. The summed E-state index contributed by atoms with van der Waals surface area (Å²) >= 11 is 0. The number of carbonyl (C=O) groups excluding carboxylic acids is 2. The number of phenols is 1. The summed E-state index contributed by atoms with van der Waals surface area (Å²) in [7, 11) is 3.03. The number of hydrogen-bond donors (Lipinski definition) is 3. The van der Waals surface area contributed by atoms with Crippen molar-refractivity contribution in [1.29, 1.82) is 0 Å². The minimum absolute atomic E-state index is 0.0358. The smallest absolute Gasteiger partial charge is 0.287 e. The van der Waals surface area contributed by atoms with Gasteiger partial charge in [0.15, 0.2) is 11.5 Å². The van der Waals surface area contributed by atoms with Crippen LogP contribution in [0.5, 0.6) is 17.2 Å². The van der Waals surface area contributed by atoms with Gasteiger partial charge in [0, 0.05) is 11.1 Å². The van der Waals surface area contributed by atoms with Gasteiger partial charge in [-0.15, -0.1) is 0 Å². The SMILES string of the molecule is COc1ccc(/C=C(/NC(=O)c2ccccc2)C(=O)N/N=C/c2ccc(C)cc2O)cc1OC. The molecule has 0 unspecified atom stereocenters. The molecule has 3 aromatic carbocycles. The van der Waals surface area contributed by atoms with Gasteiger partial charge in [0.2, 0.25) is 0 Å². The van der Waals surface area contributed by atoms with Gasteiger partial charge in [0.25, 0.3) is 11.8 Å². The Labute approximate surface area is 197 Å². The van der Waals surface area contributed by atoms with Crippen molar-refractivity contribution in [2.45, 2.75) is 6.92 Å². The maximum absolute atomic E-state index is 12.9. The molecule has 0 spiro atoms. The number of ether oxygens (including phenoxy) is 2. The Kier molecular flexibility index (Phi) is 8.02. The molecule has 0 aromatic heterocycles. The largest absolute Gasteiger partial charge is 0.507 e. The number of amides is 2. The molecule has 3 aromatic rings. The fourth-order valence-corrected chi connectivity index (χ4v) is 3.04. The third-order valence-corrected chi connectivity index (χ3v) is 4.80. The van der Waals surface area contributed by atoms with E-state index in [0.717, 1.165) is 5.56 Å². The van der Waals surface area contributed by atoms with Gasteiger partial charge < -0.3 is 19.9 Å². The highest BCUT2D eigenvalue weighted by molar-refractivity contribution is 6.05. The Bertz CT molecular complexity index is 1240. The second kappa shape index (κ2) is 11.3. The van der Waals surface area contributed by atoms with Crippen molar-refractivity contribution < 1.29 is 24.2 Å². The summed E-state index contributed by atoms with van der Waals surface area (Å²) in [4.78, 5) is 25.6. The molecular weight excluding hydrogens is 434 g/mol. The van der Waals surface area contributed by atoms with Crippen molar-refractivity contribution in [2.24, 2.45) is 5.10 Å². The van der Waals surface area contributed by atoms with E-state index in [-0.39, 0.29) is 11.4 Å². The van der Waals surface area contributed by atoms with Crippen molar-refractivity contribution in [1.82, 2.24) is 10.7 Å². The molecule has 0 aliphatic carbocycles. The first-order chi connectivity index (χ1) is 16.4. The van der Waals surface area contributed by atoms with Gasteiger partial charge in [-0.1, -0.05) is 30.3 Å². The van der Waals surface area contributed by atoms with E-state index in [0.29, 0.717) is 28.2 Å². The number of aromatic hydroxyl groups is 1. The van der Waals surface area contributed by atoms with E-state index in [1.807, 2.05) is 13.0 Å². The molecule has 3 rings (SSSR count). The maximum atomic E-state index is 12.9. The fourth-order valence-electron chi connectivity index (χ4n) is 3.04. The number of phenolic OH excluding ortho intramolecular Hbond substituents is 1. The van der Waals surface area contributed by atoms with Crippen LogP contribution in [0.25, 0.3) is 6.08 Å². The van der Waals surface area contributed by atoms with Gasteiger partial charge in [-0.05, 0) is 60.5 Å². The average Bonchev–Trinajstić information content (AvgIpc) is 2.85. The van der Waals surface area contributed by atoms with E-state index in [1.54, 1.807) is 60.7 Å². The number of aryl methyl sites for hydroxylation is 1. The highest BCUT2D eigenvalue weighted by atomic mass is 16.5. The van der Waals surface area contributed by atoms with Crippen LogP contribution in [-0.4, -0.2) is 37.4 Å². The lowest BCUT2D eigenvalue weighted by Gasteiger charge is -2.11. The van der Waals surface area contributed by atoms with Crippen LogP contribution < -0.4 is 20.2 Å². The zero-order valence-electron chi connectivity index (χ0n) is 19.0. The normalized spacial score (nSPS) is 11.2. The van der Waals surface area contributed by atoms with Crippen LogP contribution in [0.2, 0.25) is 0 Å². The highest BCUT2D eigenvalue weighted by Crippen LogP contribution is 2.28. The maximum Gasteiger partial charge on any atom is 0.287 e. The average molecular weight is 460 g/mol. The zero-order valence-corrected chi connectivity index (χ0v) is 19.0. The summed E-state index contributed by atoms with van der Waals surface area (Å²) in [6.45, 7) is 1.85. The molecule has 2 amide bonds. The van der Waals surface area contributed by atoms with Crippen LogP contribution in [-0.2, 0) is 4.79 Å². The van der Waals surface area contributed by atoms with Crippen LogP contribution in [0.4, 0.5) is 0 Å². The number of hydrazone groups is 1. The molecule has 0 heterocycles. The van der Waals surface area contributed by atoms with Crippen molar-refractivity contribution in [3.63, 3.8) is 0 Å². The number of carbonyl (C=O) groups is 2. The summed E-state index contributed by atoms with van der Waals surface area (Å²) in [5.41, 5.74) is 4.66. The predicted molar refractivity (Wildman–Crippen MR) is 130 cm³/mol. The van der Waals surface area contributed by atoms with E-state index in [4.69, 9.17) is 9.47 Å². The molecule has 0 bridgehead atoms. The van der Waals surface area contributed by atoms with Crippen LogP contribution in [0.15, 0.2) is 77.5 Å². The fraction of sp³-hybridized carbons (Fsp3) is 0.115. The molecule has 0 atom stereocenters. The Hall–Kier alpha value is -4.59. The summed E-state index contributed by atoms with van der Waals surface area (Å²) in [5.74, 6) is -0.0687. The van der Waals surface area contributed by atoms with E-state index in [1.165, 1.54) is 26.5 Å². The van der Waals surface area contributed by atoms with Crippen molar-refractivity contribution >= 4 is 24.1 Å². The Balaban J connectivity index is 1.87. The number of benzene rings is 3. The minimum atomic E-state index is -0.651. The molecular formula is C26H25N3O5. The lowest BCUT2D eigenvalue weighted by atomic mass is 10.1. The third-order valence-electron chi connectivity index (χ3n) is 4.80. The van der Waals surface area contributed by atoms with Crippen molar-refractivity contribution in [3.05, 3.63) is 94.7 Å². The third kappa shape index (κ3) is 6.23. The number of hydrogen-bond acceptors (Lipinski definition) is 6. The van der Waals surface area contributed by atoms with E-state index in [9.17, 15) is 14.7 Å².